The van der Waals surface area contributed by atoms with Crippen molar-refractivity contribution >= 4 is 11.8 Å². The minimum absolute atomic E-state index is 0.239. The maximum atomic E-state index is 13.1. The van der Waals surface area contributed by atoms with Crippen molar-refractivity contribution in [2.45, 2.75) is 32.1 Å². The number of amides is 2. The Morgan fingerprint density at radius 2 is 1.80 bits per heavy atom. The maximum absolute atomic E-state index is 13.1. The number of carbonyl (C=O) groups excluding carboxylic acids is 2. The lowest BCUT2D eigenvalue weighted by Crippen LogP contribution is -2.40. The Morgan fingerprint density at radius 3 is 2.51 bits per heavy atom. The Labute approximate surface area is 207 Å². The molecular formula is C27H36N2O6. The van der Waals surface area contributed by atoms with Crippen LogP contribution in [0.5, 0.6) is 11.5 Å². The summed E-state index contributed by atoms with van der Waals surface area (Å²) in [5.74, 6) is 1.64. The van der Waals surface area contributed by atoms with Crippen LogP contribution in [-0.4, -0.2) is 64.3 Å². The zero-order valence-corrected chi connectivity index (χ0v) is 20.9. The first-order valence-electron chi connectivity index (χ1n) is 12.4. The second kappa shape index (κ2) is 11.2. The second-order valence-electron chi connectivity index (χ2n) is 9.51. The number of hydrogen-bond acceptors (Lipinski definition) is 7. The predicted octanol–water partition coefficient (Wildman–Crippen LogP) is 3.29. The molecule has 1 aliphatic carbocycles. The molecule has 3 atom stereocenters. The van der Waals surface area contributed by atoms with Gasteiger partial charge in [0, 0.05) is 13.1 Å². The van der Waals surface area contributed by atoms with E-state index in [0.717, 1.165) is 56.8 Å². The van der Waals surface area contributed by atoms with Crippen LogP contribution in [0.4, 0.5) is 0 Å². The molecule has 1 N–H and O–H groups in total. The van der Waals surface area contributed by atoms with Crippen molar-refractivity contribution < 1.29 is 28.5 Å². The predicted molar refractivity (Wildman–Crippen MR) is 131 cm³/mol. The number of nitrogens with zero attached hydrogens (tertiary/aromatic N) is 1. The molecule has 2 fully saturated rings. The molecule has 2 aliphatic heterocycles. The van der Waals surface area contributed by atoms with Crippen LogP contribution >= 0.6 is 0 Å². The lowest BCUT2D eigenvalue weighted by Gasteiger charge is -2.36. The van der Waals surface area contributed by atoms with Gasteiger partial charge in [-0.3, -0.25) is 14.9 Å². The molecule has 0 spiro atoms. The Kier molecular flexibility index (Phi) is 8.00. The second-order valence-corrected chi connectivity index (χ2v) is 9.51. The normalized spacial score (nSPS) is 26.7. The van der Waals surface area contributed by atoms with Crippen LogP contribution in [0.2, 0.25) is 0 Å². The van der Waals surface area contributed by atoms with Crippen molar-refractivity contribution in [1.29, 1.82) is 0 Å². The van der Waals surface area contributed by atoms with E-state index >= 15 is 0 Å². The van der Waals surface area contributed by atoms with E-state index in [1.54, 1.807) is 20.3 Å². The molecule has 0 bridgehead atoms. The fourth-order valence-electron chi connectivity index (χ4n) is 5.62. The quantitative estimate of drug-likeness (QED) is 0.403. The van der Waals surface area contributed by atoms with E-state index in [-0.39, 0.29) is 11.8 Å². The Morgan fingerprint density at radius 1 is 1.03 bits per heavy atom. The van der Waals surface area contributed by atoms with E-state index in [1.165, 1.54) is 7.11 Å². The van der Waals surface area contributed by atoms with Crippen LogP contribution in [0.15, 0.2) is 47.9 Å². The summed E-state index contributed by atoms with van der Waals surface area (Å²) < 4.78 is 22.0. The summed E-state index contributed by atoms with van der Waals surface area (Å²) in [7, 11) is 4.72. The van der Waals surface area contributed by atoms with Gasteiger partial charge in [-0.05, 0) is 68.5 Å². The van der Waals surface area contributed by atoms with E-state index in [2.05, 4.69) is 10.2 Å². The number of hydrogen-bond donors (Lipinski definition) is 1. The maximum Gasteiger partial charge on any atom is 0.238 e. The van der Waals surface area contributed by atoms with Gasteiger partial charge in [0.2, 0.25) is 11.8 Å². The van der Waals surface area contributed by atoms with Gasteiger partial charge in [0.05, 0.1) is 33.4 Å². The molecule has 3 unspecified atom stereocenters. The van der Waals surface area contributed by atoms with Crippen molar-refractivity contribution in [2.75, 3.05) is 47.6 Å². The number of benzene rings is 1. The Balaban J connectivity index is 1.37. The summed E-state index contributed by atoms with van der Waals surface area (Å²) in [5, 5.41) is 2.55. The number of rotatable bonds is 10. The molecule has 2 heterocycles. The molecule has 2 amide bonds. The number of ether oxygens (including phenoxy) is 4. The van der Waals surface area contributed by atoms with Crippen LogP contribution in [0, 0.1) is 17.3 Å². The molecule has 1 aromatic rings. The van der Waals surface area contributed by atoms with E-state index in [0.29, 0.717) is 30.5 Å². The summed E-state index contributed by atoms with van der Waals surface area (Å²) in [5.41, 5.74) is -0.928. The lowest BCUT2D eigenvalue weighted by molar-refractivity contribution is -0.127. The van der Waals surface area contributed by atoms with Gasteiger partial charge >= 0.3 is 0 Å². The summed E-state index contributed by atoms with van der Waals surface area (Å²) in [6.07, 6.45) is 8.43. The van der Waals surface area contributed by atoms with Gasteiger partial charge in [-0.2, -0.15) is 0 Å². The minimum atomic E-state index is -0.928. The number of nitrogens with one attached hydrogen (secondary N) is 1. The topological polar surface area (TPSA) is 86.3 Å². The first-order chi connectivity index (χ1) is 17.0. The molecule has 8 heteroatoms. The van der Waals surface area contributed by atoms with Crippen LogP contribution in [0.25, 0.3) is 0 Å². The third-order valence-corrected chi connectivity index (χ3v) is 7.34. The standard InChI is InChI=1S/C27H36N2O6/c1-32-20-8-10-21(11-9-20)35-16-6-15-29-14-5-4-7-19(18-29)17-27-13-12-22(33-2)24(34-3)23(27)25(30)28-26(27)31/h8-13,19,23H,4-7,14-18H2,1-3H3,(H,28,30,31). The first kappa shape index (κ1) is 25.1. The summed E-state index contributed by atoms with van der Waals surface area (Å²) in [4.78, 5) is 28.3. The van der Waals surface area contributed by atoms with Gasteiger partial charge in [-0.1, -0.05) is 12.5 Å². The summed E-state index contributed by atoms with van der Waals surface area (Å²) >= 11 is 0. The number of likely N-dealkylation sites (tertiary alicyclic amines) is 1. The molecule has 0 saturated carbocycles. The van der Waals surface area contributed by atoms with Crippen molar-refractivity contribution in [3.63, 3.8) is 0 Å². The molecule has 4 rings (SSSR count). The zero-order chi connectivity index (χ0) is 24.8. The SMILES string of the molecule is COC1=C(OC)C2C(=O)NC(=O)C2(CC2CCCCN(CCCOc3ccc(OC)cc3)C2)C=C1. The highest BCUT2D eigenvalue weighted by Gasteiger charge is 2.58. The highest BCUT2D eigenvalue weighted by atomic mass is 16.5. The number of allylic oxidation sites excluding steroid dienone is 1. The molecule has 8 nitrogen and oxygen atoms in total. The zero-order valence-electron chi connectivity index (χ0n) is 20.9. The summed E-state index contributed by atoms with van der Waals surface area (Å²) in [6, 6.07) is 7.62. The molecule has 190 valence electrons. The van der Waals surface area contributed by atoms with Gasteiger partial charge in [0.15, 0.2) is 11.5 Å². The number of fused-ring (bicyclic) bond motifs is 1. The van der Waals surface area contributed by atoms with Crippen LogP contribution in [-0.2, 0) is 19.1 Å². The molecule has 35 heavy (non-hydrogen) atoms. The van der Waals surface area contributed by atoms with Crippen molar-refractivity contribution in [3.05, 3.63) is 47.9 Å². The molecule has 0 radical (unpaired) electrons. The Bertz CT molecular complexity index is 972. The van der Waals surface area contributed by atoms with Gasteiger partial charge < -0.3 is 23.8 Å². The summed E-state index contributed by atoms with van der Waals surface area (Å²) in [6.45, 7) is 3.50. The lowest BCUT2D eigenvalue weighted by atomic mass is 9.67. The van der Waals surface area contributed by atoms with E-state index in [4.69, 9.17) is 18.9 Å². The number of imide groups is 1. The minimum Gasteiger partial charge on any atom is -0.497 e. The fourth-order valence-corrected chi connectivity index (χ4v) is 5.62. The van der Waals surface area contributed by atoms with Gasteiger partial charge in [-0.25, -0.2) is 0 Å². The third-order valence-electron chi connectivity index (χ3n) is 7.34. The van der Waals surface area contributed by atoms with Crippen molar-refractivity contribution in [1.82, 2.24) is 10.2 Å². The van der Waals surface area contributed by atoms with Crippen LogP contribution in [0.1, 0.15) is 32.1 Å². The smallest absolute Gasteiger partial charge is 0.238 e. The van der Waals surface area contributed by atoms with Crippen molar-refractivity contribution in [3.8, 4) is 11.5 Å². The highest BCUT2D eigenvalue weighted by molar-refractivity contribution is 6.10. The average molecular weight is 485 g/mol. The Hall–Kier alpha value is -3.00. The van der Waals surface area contributed by atoms with E-state index < -0.39 is 11.3 Å². The van der Waals surface area contributed by atoms with Crippen molar-refractivity contribution in [2.24, 2.45) is 17.3 Å². The first-order valence-corrected chi connectivity index (χ1v) is 12.4. The highest BCUT2D eigenvalue weighted by Crippen LogP contribution is 2.49. The van der Waals surface area contributed by atoms with Gasteiger partial charge in [0.25, 0.3) is 0 Å². The van der Waals surface area contributed by atoms with E-state index in [9.17, 15) is 9.59 Å². The molecule has 1 aromatic carbocycles. The van der Waals surface area contributed by atoms with E-state index in [1.807, 2.05) is 30.3 Å². The molecule has 0 aromatic heterocycles. The molecule has 3 aliphatic rings. The van der Waals surface area contributed by atoms with Crippen LogP contribution in [0.3, 0.4) is 0 Å². The van der Waals surface area contributed by atoms with Gasteiger partial charge in [-0.15, -0.1) is 0 Å². The third kappa shape index (κ3) is 5.32. The number of methoxy groups -OCH3 is 3. The van der Waals surface area contributed by atoms with Crippen LogP contribution < -0.4 is 14.8 Å². The number of carbonyl (C=O) groups is 2. The molecule has 2 saturated heterocycles. The molecular weight excluding hydrogens is 448 g/mol. The average Bonchev–Trinajstić information content (AvgIpc) is 3.00. The fraction of sp³-hybridized carbons (Fsp3) is 0.556. The largest absolute Gasteiger partial charge is 0.497 e. The van der Waals surface area contributed by atoms with Gasteiger partial charge in [0.1, 0.15) is 17.4 Å². The monoisotopic (exact) mass is 484 g/mol.